The zero-order chi connectivity index (χ0) is 33.9. The molecule has 12 heteroatoms. The molecule has 6 rings (SSSR count). The molecule has 0 aliphatic carbocycles. The number of carbonyl (C=O) groups is 5. The number of hydrogen-bond acceptors (Lipinski definition) is 7. The maximum Gasteiger partial charge on any atom is 0.251 e. The fourth-order valence-electron chi connectivity index (χ4n) is 6.09. The highest BCUT2D eigenvalue weighted by Crippen LogP contribution is 2.33. The van der Waals surface area contributed by atoms with Gasteiger partial charge in [0.2, 0.25) is 23.6 Å². The van der Waals surface area contributed by atoms with E-state index >= 15 is 0 Å². The molecule has 5 amide bonds. The maximum atomic E-state index is 13.8. The monoisotopic (exact) mass is 672 g/mol. The Morgan fingerprint density at radius 2 is 1.65 bits per heavy atom. The van der Waals surface area contributed by atoms with Gasteiger partial charge in [0.25, 0.3) is 5.91 Å². The molecule has 4 bridgehead atoms. The summed E-state index contributed by atoms with van der Waals surface area (Å²) in [6.45, 7) is 3.34. The van der Waals surface area contributed by atoms with Crippen molar-refractivity contribution in [2.24, 2.45) is 0 Å². The Kier molecular flexibility index (Phi) is 12.3. The van der Waals surface area contributed by atoms with Crippen molar-refractivity contribution in [1.29, 1.82) is 0 Å². The normalized spacial score (nSPS) is 18.8. The minimum atomic E-state index is -0.525. The van der Waals surface area contributed by atoms with Gasteiger partial charge in [-0.1, -0.05) is 48.5 Å². The Morgan fingerprint density at radius 1 is 0.938 bits per heavy atom. The number of hydrogen-bond donors (Lipinski definition) is 3. The molecular formula is C36H44N6O5S. The van der Waals surface area contributed by atoms with E-state index < -0.39 is 6.04 Å². The SMILES string of the molecule is Cc1sc2nc1CC(=O)N[C@@H](CCCCNC(=O)c1ccccc1)CC(=O)N(CC(=O)NCc1ccccc1)CC(=O)N1CCC2CC1. The molecule has 1 aromatic heterocycles. The molecule has 0 radical (unpaired) electrons. The van der Waals surface area contributed by atoms with Gasteiger partial charge >= 0.3 is 0 Å². The van der Waals surface area contributed by atoms with Gasteiger partial charge in [-0.05, 0) is 56.7 Å². The number of fused-ring (bicyclic) bond motifs is 10. The van der Waals surface area contributed by atoms with Gasteiger partial charge in [-0.2, -0.15) is 0 Å². The second-order valence-corrected chi connectivity index (χ2v) is 13.7. The van der Waals surface area contributed by atoms with Crippen LogP contribution in [-0.4, -0.2) is 83.1 Å². The second-order valence-electron chi connectivity index (χ2n) is 12.5. The molecule has 1 fully saturated rings. The summed E-state index contributed by atoms with van der Waals surface area (Å²) in [6, 6.07) is 17.9. The van der Waals surface area contributed by atoms with Crippen molar-refractivity contribution in [2.45, 2.75) is 70.4 Å². The lowest BCUT2D eigenvalue weighted by molar-refractivity contribution is -0.143. The summed E-state index contributed by atoms with van der Waals surface area (Å²) in [5.41, 5.74) is 2.25. The van der Waals surface area contributed by atoms with E-state index in [0.717, 1.165) is 34.0 Å². The number of thiazole rings is 1. The van der Waals surface area contributed by atoms with Crippen molar-refractivity contribution < 1.29 is 24.0 Å². The fraction of sp³-hybridized carbons (Fsp3) is 0.444. The molecule has 254 valence electrons. The number of aryl methyl sites for hydroxylation is 1. The van der Waals surface area contributed by atoms with Crippen molar-refractivity contribution in [3.05, 3.63) is 87.4 Å². The Labute approximate surface area is 285 Å². The van der Waals surface area contributed by atoms with Gasteiger partial charge in [0.15, 0.2) is 0 Å². The summed E-state index contributed by atoms with van der Waals surface area (Å²) in [4.78, 5) is 75.0. The molecule has 3 aliphatic heterocycles. The Bertz CT molecular complexity index is 1570. The standard InChI is InChI=1S/C36H44N6O5S/c1-25-30-21-31(43)39-29(14-8-9-17-37-35(47)27-12-6-3-7-13-27)20-33(45)42(23-32(44)38-22-26-10-4-2-5-11-26)24-34(46)41-18-15-28(16-19-41)36(40-30)48-25/h2-7,10-13,28-29H,8-9,14-24H2,1H3,(H,37,47)(H,38,44)(H,39,43)/t29-/m0/s1. The number of rotatable bonds is 10. The number of piperidine rings is 1. The molecule has 3 aliphatic rings. The Balaban J connectivity index is 1.27. The van der Waals surface area contributed by atoms with Crippen LogP contribution in [0.25, 0.3) is 0 Å². The van der Waals surface area contributed by atoms with Gasteiger partial charge in [-0.15, -0.1) is 11.3 Å². The molecule has 0 unspecified atom stereocenters. The van der Waals surface area contributed by atoms with Gasteiger partial charge < -0.3 is 25.8 Å². The Morgan fingerprint density at radius 3 is 2.38 bits per heavy atom. The van der Waals surface area contributed by atoms with Gasteiger partial charge in [0.05, 0.1) is 17.1 Å². The number of unbranched alkanes of at least 4 members (excludes halogenated alkanes) is 1. The number of nitrogens with one attached hydrogen (secondary N) is 3. The molecule has 0 spiro atoms. The molecule has 2 aromatic carbocycles. The van der Waals surface area contributed by atoms with E-state index in [1.54, 1.807) is 28.4 Å². The summed E-state index contributed by atoms with van der Waals surface area (Å²) in [5, 5.41) is 9.81. The van der Waals surface area contributed by atoms with Crippen LogP contribution in [0.4, 0.5) is 0 Å². The summed E-state index contributed by atoms with van der Waals surface area (Å²) in [5.74, 6) is -1.12. The minimum absolute atomic E-state index is 0.0648. The first kappa shape index (κ1) is 34.7. The lowest BCUT2D eigenvalue weighted by atomic mass is 9.97. The van der Waals surface area contributed by atoms with E-state index in [1.807, 2.05) is 55.5 Å². The van der Waals surface area contributed by atoms with Gasteiger partial charge in [-0.3, -0.25) is 24.0 Å². The number of aromatic nitrogens is 1. The summed E-state index contributed by atoms with van der Waals surface area (Å²) >= 11 is 1.61. The first-order valence-electron chi connectivity index (χ1n) is 16.7. The number of benzene rings is 2. The highest BCUT2D eigenvalue weighted by atomic mass is 32.1. The number of amides is 5. The zero-order valence-electron chi connectivity index (χ0n) is 27.4. The lowest BCUT2D eigenvalue weighted by Gasteiger charge is -2.33. The van der Waals surface area contributed by atoms with E-state index in [0.29, 0.717) is 51.0 Å². The third kappa shape index (κ3) is 9.96. The van der Waals surface area contributed by atoms with Gasteiger partial charge in [0.1, 0.15) is 13.1 Å². The first-order valence-corrected chi connectivity index (χ1v) is 17.5. The third-order valence-electron chi connectivity index (χ3n) is 8.87. The van der Waals surface area contributed by atoms with Gasteiger partial charge in [0, 0.05) is 55.0 Å². The van der Waals surface area contributed by atoms with E-state index in [1.165, 1.54) is 4.90 Å². The highest BCUT2D eigenvalue weighted by Gasteiger charge is 2.31. The maximum absolute atomic E-state index is 13.8. The number of nitrogens with zero attached hydrogens (tertiary/aromatic N) is 3. The summed E-state index contributed by atoms with van der Waals surface area (Å²) in [6.07, 6.45) is 3.32. The van der Waals surface area contributed by atoms with E-state index in [9.17, 15) is 24.0 Å². The first-order chi connectivity index (χ1) is 23.2. The molecule has 3 N–H and O–H groups in total. The summed E-state index contributed by atoms with van der Waals surface area (Å²) in [7, 11) is 0. The minimum Gasteiger partial charge on any atom is -0.353 e. The van der Waals surface area contributed by atoms with Crippen molar-refractivity contribution in [3.63, 3.8) is 0 Å². The molecule has 1 saturated heterocycles. The van der Waals surface area contributed by atoms with Gasteiger partial charge in [-0.25, -0.2) is 4.98 Å². The van der Waals surface area contributed by atoms with Crippen LogP contribution < -0.4 is 16.0 Å². The van der Waals surface area contributed by atoms with E-state index in [4.69, 9.17) is 4.98 Å². The largest absolute Gasteiger partial charge is 0.353 e. The predicted octanol–water partition coefficient (Wildman–Crippen LogP) is 3.33. The van der Waals surface area contributed by atoms with Crippen LogP contribution in [0.2, 0.25) is 0 Å². The number of carbonyl (C=O) groups excluding carboxylic acids is 5. The van der Waals surface area contributed by atoms with Crippen molar-refractivity contribution >= 4 is 40.9 Å². The average Bonchev–Trinajstić information content (AvgIpc) is 3.46. The molecule has 48 heavy (non-hydrogen) atoms. The van der Waals surface area contributed by atoms with E-state index in [2.05, 4.69) is 16.0 Å². The van der Waals surface area contributed by atoms with Crippen LogP contribution >= 0.6 is 11.3 Å². The van der Waals surface area contributed by atoms with Crippen molar-refractivity contribution in [3.8, 4) is 0 Å². The Hall–Kier alpha value is -4.58. The predicted molar refractivity (Wildman–Crippen MR) is 183 cm³/mol. The molecule has 0 saturated carbocycles. The van der Waals surface area contributed by atoms with Crippen LogP contribution in [0.15, 0.2) is 60.7 Å². The lowest BCUT2D eigenvalue weighted by Crippen LogP contribution is -2.50. The fourth-order valence-corrected chi connectivity index (χ4v) is 7.20. The van der Waals surface area contributed by atoms with Crippen LogP contribution in [-0.2, 0) is 32.1 Å². The highest BCUT2D eigenvalue weighted by molar-refractivity contribution is 7.11. The molecule has 4 heterocycles. The van der Waals surface area contributed by atoms with Crippen molar-refractivity contribution in [2.75, 3.05) is 32.7 Å². The smallest absolute Gasteiger partial charge is 0.251 e. The molecular weight excluding hydrogens is 629 g/mol. The second kappa shape index (κ2) is 17.0. The van der Waals surface area contributed by atoms with Crippen LogP contribution in [0.5, 0.6) is 0 Å². The topological polar surface area (TPSA) is 141 Å². The molecule has 3 aromatic rings. The van der Waals surface area contributed by atoms with Crippen molar-refractivity contribution in [1.82, 2.24) is 30.7 Å². The average molecular weight is 673 g/mol. The molecule has 1 atom stereocenters. The third-order valence-corrected chi connectivity index (χ3v) is 10.0. The molecule has 11 nitrogen and oxygen atoms in total. The van der Waals surface area contributed by atoms with E-state index in [-0.39, 0.29) is 61.4 Å². The van der Waals surface area contributed by atoms with Crippen LogP contribution in [0, 0.1) is 6.92 Å². The summed E-state index contributed by atoms with van der Waals surface area (Å²) < 4.78 is 0. The zero-order valence-corrected chi connectivity index (χ0v) is 28.2. The quantitative estimate of drug-likeness (QED) is 0.283. The van der Waals surface area contributed by atoms with Crippen LogP contribution in [0.3, 0.4) is 0 Å². The van der Waals surface area contributed by atoms with Crippen LogP contribution in [0.1, 0.15) is 75.9 Å².